The van der Waals surface area contributed by atoms with Crippen LogP contribution in [-0.4, -0.2) is 17.6 Å². The van der Waals surface area contributed by atoms with Gasteiger partial charge in [0.25, 0.3) is 5.91 Å². The number of hydrogen-bond donors (Lipinski definition) is 1. The molecule has 0 saturated heterocycles. The molecule has 2 heterocycles. The Bertz CT molecular complexity index is 1240. The molecular formula is C21H14ClF4N3O2. The van der Waals surface area contributed by atoms with Gasteiger partial charge in [0.15, 0.2) is 0 Å². The average molecular weight is 452 g/mol. The Hall–Kier alpha value is -3.33. The van der Waals surface area contributed by atoms with E-state index in [0.29, 0.717) is 16.9 Å². The quantitative estimate of drug-likeness (QED) is 0.541. The van der Waals surface area contributed by atoms with Crippen molar-refractivity contribution < 1.29 is 22.4 Å². The van der Waals surface area contributed by atoms with Crippen LogP contribution in [-0.2, 0) is 6.18 Å². The Kier molecular flexibility index (Phi) is 5.01. The molecule has 0 fully saturated rings. The SMILES string of the molecule is Cc1cc(F)ccc1N1CN(c2ccc(=O)[nH]c2)C(=O)c2ccc(C(F)(F)F)c(Cl)c21. The number of nitrogens with one attached hydrogen (secondary N) is 1. The Balaban J connectivity index is 1.96. The largest absolute Gasteiger partial charge is 0.417 e. The number of carbonyl (C=O) groups excluding carboxylic acids is 1. The lowest BCUT2D eigenvalue weighted by Crippen LogP contribution is -2.45. The van der Waals surface area contributed by atoms with Crippen LogP contribution in [0.4, 0.5) is 34.6 Å². The summed E-state index contributed by atoms with van der Waals surface area (Å²) in [5.41, 5.74) is -0.478. The van der Waals surface area contributed by atoms with Crippen molar-refractivity contribution in [1.82, 2.24) is 4.98 Å². The van der Waals surface area contributed by atoms with E-state index in [-0.39, 0.29) is 23.5 Å². The summed E-state index contributed by atoms with van der Waals surface area (Å²) >= 11 is 6.17. The molecule has 2 aromatic carbocycles. The average Bonchev–Trinajstić information content (AvgIpc) is 2.69. The lowest BCUT2D eigenvalue weighted by molar-refractivity contribution is -0.137. The van der Waals surface area contributed by atoms with Crippen molar-refractivity contribution in [1.29, 1.82) is 0 Å². The fourth-order valence-corrected chi connectivity index (χ4v) is 3.90. The van der Waals surface area contributed by atoms with Gasteiger partial charge in [0.1, 0.15) is 12.5 Å². The van der Waals surface area contributed by atoms with Gasteiger partial charge in [-0.25, -0.2) is 4.39 Å². The fraction of sp³-hybridized carbons (Fsp3) is 0.143. The molecule has 5 nitrogen and oxygen atoms in total. The summed E-state index contributed by atoms with van der Waals surface area (Å²) in [4.78, 5) is 29.7. The number of aryl methyl sites for hydroxylation is 1. The van der Waals surface area contributed by atoms with Gasteiger partial charge in [0.2, 0.25) is 5.56 Å². The van der Waals surface area contributed by atoms with Gasteiger partial charge in [-0.3, -0.25) is 14.5 Å². The molecule has 0 saturated carbocycles. The van der Waals surface area contributed by atoms with Crippen LogP contribution >= 0.6 is 11.6 Å². The molecule has 0 radical (unpaired) electrons. The Morgan fingerprint density at radius 2 is 1.77 bits per heavy atom. The molecule has 1 aliphatic rings. The minimum Gasteiger partial charge on any atom is -0.327 e. The number of nitrogens with zero attached hydrogens (tertiary/aromatic N) is 2. The van der Waals surface area contributed by atoms with Gasteiger partial charge >= 0.3 is 6.18 Å². The molecule has 0 spiro atoms. The number of benzene rings is 2. The van der Waals surface area contributed by atoms with E-state index in [1.54, 1.807) is 6.92 Å². The first-order valence-corrected chi connectivity index (χ1v) is 9.39. The predicted molar refractivity (Wildman–Crippen MR) is 108 cm³/mol. The second-order valence-corrected chi connectivity index (χ2v) is 7.34. The zero-order valence-electron chi connectivity index (χ0n) is 15.9. The number of H-pyrrole nitrogens is 1. The van der Waals surface area contributed by atoms with Crippen LogP contribution in [0.5, 0.6) is 0 Å². The number of hydrogen-bond acceptors (Lipinski definition) is 3. The van der Waals surface area contributed by atoms with Crippen molar-refractivity contribution in [3.05, 3.63) is 86.5 Å². The van der Waals surface area contributed by atoms with Crippen molar-refractivity contribution in [2.75, 3.05) is 16.5 Å². The highest BCUT2D eigenvalue weighted by Crippen LogP contribution is 2.46. The number of carbonyl (C=O) groups is 1. The smallest absolute Gasteiger partial charge is 0.327 e. The molecular weight excluding hydrogens is 438 g/mol. The van der Waals surface area contributed by atoms with Crippen LogP contribution in [0.2, 0.25) is 5.02 Å². The molecule has 160 valence electrons. The maximum Gasteiger partial charge on any atom is 0.417 e. The van der Waals surface area contributed by atoms with Crippen molar-refractivity contribution in [3.63, 3.8) is 0 Å². The van der Waals surface area contributed by atoms with E-state index in [0.717, 1.165) is 12.1 Å². The summed E-state index contributed by atoms with van der Waals surface area (Å²) in [6, 6.07) is 8.28. The fourth-order valence-electron chi connectivity index (χ4n) is 3.53. The topological polar surface area (TPSA) is 56.4 Å². The predicted octanol–water partition coefficient (Wildman–Crippen LogP) is 5.25. The molecule has 10 heteroatoms. The molecule has 0 unspecified atom stereocenters. The van der Waals surface area contributed by atoms with Gasteiger partial charge in [-0.15, -0.1) is 0 Å². The van der Waals surface area contributed by atoms with Crippen LogP contribution in [0.25, 0.3) is 0 Å². The first-order valence-electron chi connectivity index (χ1n) is 9.02. The number of alkyl halides is 3. The summed E-state index contributed by atoms with van der Waals surface area (Å²) in [6.07, 6.45) is -3.40. The standard InChI is InChI=1S/C21H14ClF4N3O2/c1-11-8-12(23)2-6-16(11)29-10-28(13-3-7-17(30)27-9-13)20(31)14-4-5-15(21(24,25)26)18(22)19(14)29/h2-9H,10H2,1H3,(H,27,30). The minimum absolute atomic E-state index is 0.0563. The summed E-state index contributed by atoms with van der Waals surface area (Å²) in [5.74, 6) is -1.10. The Morgan fingerprint density at radius 3 is 2.39 bits per heavy atom. The highest BCUT2D eigenvalue weighted by atomic mass is 35.5. The lowest BCUT2D eigenvalue weighted by Gasteiger charge is -2.39. The van der Waals surface area contributed by atoms with Gasteiger partial charge in [-0.1, -0.05) is 11.6 Å². The van der Waals surface area contributed by atoms with Gasteiger partial charge in [0, 0.05) is 18.0 Å². The van der Waals surface area contributed by atoms with E-state index in [9.17, 15) is 27.2 Å². The molecule has 1 amide bonds. The summed E-state index contributed by atoms with van der Waals surface area (Å²) < 4.78 is 54.1. The van der Waals surface area contributed by atoms with Gasteiger partial charge in [-0.05, 0) is 48.9 Å². The molecule has 31 heavy (non-hydrogen) atoms. The third-order valence-corrected chi connectivity index (χ3v) is 5.36. The van der Waals surface area contributed by atoms with Crippen molar-refractivity contribution in [2.24, 2.45) is 0 Å². The Labute approximate surface area is 178 Å². The van der Waals surface area contributed by atoms with E-state index in [1.807, 2.05) is 0 Å². The number of halogens is 5. The summed E-state index contributed by atoms with van der Waals surface area (Å²) in [6.45, 7) is 1.39. The number of pyridine rings is 1. The second kappa shape index (κ2) is 7.42. The Morgan fingerprint density at radius 1 is 1.03 bits per heavy atom. The van der Waals surface area contributed by atoms with Gasteiger partial charge < -0.3 is 9.88 Å². The first kappa shape index (κ1) is 20.9. The van der Waals surface area contributed by atoms with E-state index < -0.39 is 28.5 Å². The molecule has 3 aromatic rings. The molecule has 0 atom stereocenters. The van der Waals surface area contributed by atoms with Crippen LogP contribution in [0.3, 0.4) is 0 Å². The van der Waals surface area contributed by atoms with E-state index in [1.165, 1.54) is 46.3 Å². The number of aromatic nitrogens is 1. The number of anilines is 3. The van der Waals surface area contributed by atoms with Crippen LogP contribution in [0.1, 0.15) is 21.5 Å². The van der Waals surface area contributed by atoms with E-state index >= 15 is 0 Å². The zero-order chi connectivity index (χ0) is 22.5. The lowest BCUT2D eigenvalue weighted by atomic mass is 10.0. The number of fused-ring (bicyclic) bond motifs is 1. The monoisotopic (exact) mass is 451 g/mol. The number of aromatic amines is 1. The number of amides is 1. The van der Waals surface area contributed by atoms with Crippen molar-refractivity contribution >= 4 is 34.6 Å². The normalized spacial score (nSPS) is 14.1. The summed E-state index contributed by atoms with van der Waals surface area (Å²) in [7, 11) is 0. The molecule has 0 bridgehead atoms. The number of rotatable bonds is 2. The summed E-state index contributed by atoms with van der Waals surface area (Å²) in [5, 5.41) is -0.622. The molecule has 4 rings (SSSR count). The van der Waals surface area contributed by atoms with Gasteiger partial charge in [-0.2, -0.15) is 13.2 Å². The van der Waals surface area contributed by atoms with Crippen LogP contribution in [0.15, 0.2) is 53.5 Å². The molecule has 1 aromatic heterocycles. The van der Waals surface area contributed by atoms with Crippen LogP contribution in [0, 0.1) is 12.7 Å². The first-order chi connectivity index (χ1) is 14.6. The van der Waals surface area contributed by atoms with E-state index in [4.69, 9.17) is 11.6 Å². The second-order valence-electron chi connectivity index (χ2n) is 6.97. The highest BCUT2D eigenvalue weighted by molar-refractivity contribution is 6.36. The molecule has 1 N–H and O–H groups in total. The highest BCUT2D eigenvalue weighted by Gasteiger charge is 2.40. The third kappa shape index (κ3) is 3.65. The van der Waals surface area contributed by atoms with Crippen LogP contribution < -0.4 is 15.4 Å². The molecule has 0 aliphatic carbocycles. The van der Waals surface area contributed by atoms with E-state index in [2.05, 4.69) is 4.98 Å². The van der Waals surface area contributed by atoms with Crippen molar-refractivity contribution in [3.8, 4) is 0 Å². The van der Waals surface area contributed by atoms with Gasteiger partial charge in [0.05, 0.1) is 27.5 Å². The zero-order valence-corrected chi connectivity index (χ0v) is 16.7. The maximum atomic E-state index is 13.7. The minimum atomic E-state index is -4.73. The third-order valence-electron chi connectivity index (χ3n) is 4.98. The maximum absolute atomic E-state index is 13.7. The molecule has 1 aliphatic heterocycles. The van der Waals surface area contributed by atoms with Crippen molar-refractivity contribution in [2.45, 2.75) is 13.1 Å².